The van der Waals surface area contributed by atoms with Gasteiger partial charge in [-0.15, -0.1) is 0 Å². The number of carbonyl (C=O) groups is 1. The van der Waals surface area contributed by atoms with E-state index in [1.54, 1.807) is 0 Å². The van der Waals surface area contributed by atoms with Crippen molar-refractivity contribution in [2.45, 2.75) is 18.8 Å². The lowest BCUT2D eigenvalue weighted by Gasteiger charge is -2.16. The van der Waals surface area contributed by atoms with Crippen LogP contribution in [0.2, 0.25) is 0 Å². The Morgan fingerprint density at radius 1 is 1.47 bits per heavy atom. The Labute approximate surface area is 110 Å². The van der Waals surface area contributed by atoms with Crippen LogP contribution in [0.3, 0.4) is 0 Å². The molecule has 0 unspecified atom stereocenters. The normalized spacial score (nSPS) is 13.2. The molecule has 7 heteroatoms. The fourth-order valence-corrected chi connectivity index (χ4v) is 1.42. The number of hydrogen-bond donors (Lipinski definition) is 1. The molecule has 1 aromatic carbocycles. The zero-order chi connectivity index (χ0) is 14.1. The van der Waals surface area contributed by atoms with Crippen LogP contribution in [-0.2, 0) is 20.9 Å². The third-order valence-electron chi connectivity index (χ3n) is 2.38. The van der Waals surface area contributed by atoms with Crippen molar-refractivity contribution in [3.63, 3.8) is 0 Å². The van der Waals surface area contributed by atoms with Crippen molar-refractivity contribution in [1.29, 1.82) is 0 Å². The van der Waals surface area contributed by atoms with Crippen molar-refractivity contribution >= 4 is 5.97 Å². The number of ether oxygens (including phenoxy) is 2. The zero-order valence-corrected chi connectivity index (χ0v) is 10.5. The minimum atomic E-state index is -1.30. The summed E-state index contributed by atoms with van der Waals surface area (Å²) in [7, 11) is 1.15. The molecule has 2 atom stereocenters. The molecule has 0 aromatic heterocycles. The smallest absolute Gasteiger partial charge is 0.317 e. The number of azide groups is 1. The molecule has 0 saturated heterocycles. The molecule has 0 spiro atoms. The van der Waals surface area contributed by atoms with E-state index in [4.69, 9.17) is 10.3 Å². The quantitative estimate of drug-likeness (QED) is 0.348. The highest BCUT2D eigenvalue weighted by Crippen LogP contribution is 2.06. The minimum absolute atomic E-state index is 0.131. The van der Waals surface area contributed by atoms with Crippen LogP contribution in [0.4, 0.5) is 0 Å². The van der Waals surface area contributed by atoms with E-state index in [1.165, 1.54) is 0 Å². The third kappa shape index (κ3) is 4.97. The Kier molecular flexibility index (Phi) is 6.38. The Morgan fingerprint density at radius 2 is 2.16 bits per heavy atom. The van der Waals surface area contributed by atoms with Gasteiger partial charge < -0.3 is 14.6 Å². The summed E-state index contributed by atoms with van der Waals surface area (Å²) in [6.07, 6.45) is -1.24. The molecule has 0 fully saturated rings. The van der Waals surface area contributed by atoms with Crippen molar-refractivity contribution in [3.05, 3.63) is 46.3 Å². The van der Waals surface area contributed by atoms with Gasteiger partial charge in [-0.1, -0.05) is 35.4 Å². The van der Waals surface area contributed by atoms with Gasteiger partial charge in [0.1, 0.15) is 0 Å². The highest BCUT2D eigenvalue weighted by molar-refractivity contribution is 5.76. The van der Waals surface area contributed by atoms with Crippen LogP contribution < -0.4 is 0 Å². The van der Waals surface area contributed by atoms with E-state index in [0.29, 0.717) is 6.61 Å². The fourth-order valence-electron chi connectivity index (χ4n) is 1.42. The van der Waals surface area contributed by atoms with Gasteiger partial charge in [-0.25, -0.2) is 0 Å². The number of esters is 1. The summed E-state index contributed by atoms with van der Waals surface area (Å²) in [5, 5.41) is 12.9. The van der Waals surface area contributed by atoms with Crippen molar-refractivity contribution in [2.75, 3.05) is 13.7 Å². The van der Waals surface area contributed by atoms with Gasteiger partial charge in [-0.3, -0.25) is 4.79 Å². The van der Waals surface area contributed by atoms with Crippen LogP contribution >= 0.6 is 0 Å². The third-order valence-corrected chi connectivity index (χ3v) is 2.38. The first-order chi connectivity index (χ1) is 9.19. The predicted octanol–water partition coefficient (Wildman–Crippen LogP) is 1.42. The molecular formula is C12H15N3O4. The van der Waals surface area contributed by atoms with Gasteiger partial charge in [-0.2, -0.15) is 0 Å². The molecule has 0 radical (unpaired) electrons. The van der Waals surface area contributed by atoms with Crippen molar-refractivity contribution < 1.29 is 19.4 Å². The molecule has 0 aliphatic carbocycles. The molecular weight excluding hydrogens is 250 g/mol. The molecule has 0 bridgehead atoms. The molecule has 0 saturated carbocycles. The molecule has 0 amide bonds. The summed E-state index contributed by atoms with van der Waals surface area (Å²) < 4.78 is 9.69. The van der Waals surface area contributed by atoms with Crippen molar-refractivity contribution in [2.24, 2.45) is 5.11 Å². The fraction of sp³-hybridized carbons (Fsp3) is 0.417. The average Bonchev–Trinajstić information content (AvgIpc) is 2.45. The van der Waals surface area contributed by atoms with Crippen molar-refractivity contribution in [3.8, 4) is 0 Å². The molecule has 0 aliphatic heterocycles. The van der Waals surface area contributed by atoms with Gasteiger partial charge in [0, 0.05) is 4.91 Å². The maximum atomic E-state index is 11.3. The lowest BCUT2D eigenvalue weighted by molar-refractivity contribution is -0.146. The molecule has 0 aliphatic rings. The number of aliphatic hydroxyl groups excluding tert-OH is 1. The van der Waals surface area contributed by atoms with Gasteiger partial charge in [0.25, 0.3) is 0 Å². The minimum Gasteiger partial charge on any atom is -0.469 e. The lowest BCUT2D eigenvalue weighted by atomic mass is 10.2. The monoisotopic (exact) mass is 265 g/mol. The number of nitrogens with zero attached hydrogens (tertiary/aromatic N) is 3. The molecule has 0 heterocycles. The number of aliphatic hydroxyl groups is 1. The number of benzene rings is 1. The summed E-state index contributed by atoms with van der Waals surface area (Å²) in [6, 6.07) is 8.06. The van der Waals surface area contributed by atoms with E-state index in [0.717, 1.165) is 12.7 Å². The van der Waals surface area contributed by atoms with E-state index in [-0.39, 0.29) is 6.61 Å². The Balaban J connectivity index is 2.46. The number of methoxy groups -OCH3 is 1. The van der Waals surface area contributed by atoms with Crippen LogP contribution in [0.25, 0.3) is 10.4 Å². The number of rotatable bonds is 7. The first kappa shape index (κ1) is 15.0. The Hall–Kier alpha value is -2.08. The molecule has 7 nitrogen and oxygen atoms in total. The summed E-state index contributed by atoms with van der Waals surface area (Å²) in [6.45, 7) is 0.162. The van der Waals surface area contributed by atoms with E-state index in [9.17, 15) is 9.90 Å². The highest BCUT2D eigenvalue weighted by Gasteiger charge is 2.26. The number of carbonyl (C=O) groups excluding carboxylic acids is 1. The van der Waals surface area contributed by atoms with Gasteiger partial charge >= 0.3 is 5.97 Å². The van der Waals surface area contributed by atoms with Crippen molar-refractivity contribution in [1.82, 2.24) is 0 Å². The van der Waals surface area contributed by atoms with E-state index < -0.39 is 18.1 Å². The Morgan fingerprint density at radius 3 is 2.74 bits per heavy atom. The second-order valence-corrected chi connectivity index (χ2v) is 3.74. The number of hydrogen-bond acceptors (Lipinski definition) is 5. The second-order valence-electron chi connectivity index (χ2n) is 3.74. The maximum absolute atomic E-state index is 11.3. The van der Waals surface area contributed by atoms with Crippen LogP contribution in [0.15, 0.2) is 35.4 Å². The summed E-state index contributed by atoms with van der Waals surface area (Å²) in [5.74, 6) is -0.798. The predicted molar refractivity (Wildman–Crippen MR) is 67.1 cm³/mol. The molecule has 102 valence electrons. The first-order valence-electron chi connectivity index (χ1n) is 5.60. The second kappa shape index (κ2) is 8.10. The van der Waals surface area contributed by atoms with E-state index >= 15 is 0 Å². The zero-order valence-electron chi connectivity index (χ0n) is 10.5. The Bertz CT molecular complexity index is 446. The maximum Gasteiger partial charge on any atom is 0.317 e. The standard InChI is InChI=1S/C12H15N3O4/c1-18-12(17)11(14-15-13)10(16)8-19-7-9-5-3-2-4-6-9/h2-6,10-11,16H,7-8H2,1H3/t10-,11-/m1/s1. The van der Waals surface area contributed by atoms with Gasteiger partial charge in [0.05, 0.1) is 26.4 Å². The van der Waals surface area contributed by atoms with Gasteiger partial charge in [-0.05, 0) is 11.1 Å². The summed E-state index contributed by atoms with van der Waals surface area (Å²) in [4.78, 5) is 13.8. The SMILES string of the molecule is COC(=O)[C@H](N=[N+]=[N-])[C@H](O)COCc1ccccc1. The van der Waals surface area contributed by atoms with Gasteiger partial charge in [0.15, 0.2) is 6.04 Å². The highest BCUT2D eigenvalue weighted by atomic mass is 16.5. The summed E-state index contributed by atoms with van der Waals surface area (Å²) >= 11 is 0. The van der Waals surface area contributed by atoms with E-state index in [1.807, 2.05) is 30.3 Å². The van der Waals surface area contributed by atoms with Crippen LogP contribution in [0, 0.1) is 0 Å². The average molecular weight is 265 g/mol. The molecule has 19 heavy (non-hydrogen) atoms. The molecule has 1 rings (SSSR count). The topological polar surface area (TPSA) is 105 Å². The van der Waals surface area contributed by atoms with E-state index in [2.05, 4.69) is 14.8 Å². The lowest BCUT2D eigenvalue weighted by Crippen LogP contribution is -2.36. The van der Waals surface area contributed by atoms with Gasteiger partial charge in [0.2, 0.25) is 0 Å². The largest absolute Gasteiger partial charge is 0.469 e. The van der Waals surface area contributed by atoms with Crippen LogP contribution in [0.5, 0.6) is 0 Å². The molecule has 1 N–H and O–H groups in total. The van der Waals surface area contributed by atoms with Crippen LogP contribution in [0.1, 0.15) is 5.56 Å². The van der Waals surface area contributed by atoms with Crippen LogP contribution in [-0.4, -0.2) is 36.9 Å². The summed E-state index contributed by atoms with van der Waals surface area (Å²) in [5.41, 5.74) is 9.27. The molecule has 1 aromatic rings. The first-order valence-corrected chi connectivity index (χ1v) is 5.60.